The normalized spacial score (nSPS) is 11.8. The van der Waals surface area contributed by atoms with Crippen LogP contribution in [0.15, 0.2) is 30.3 Å². The maximum absolute atomic E-state index is 11.4. The molecule has 0 bridgehead atoms. The standard InChI is InChI=1S/C13H14O4S/c1-9(14)7-12(15)18-11(13(16)17)8-10-5-3-2-4-6-10/h2-6,11H,7-8H2,1H3,(H,16,17)/t11-/m0/s1. The van der Waals surface area contributed by atoms with Crippen molar-refractivity contribution in [2.75, 3.05) is 0 Å². The van der Waals surface area contributed by atoms with E-state index in [-0.39, 0.29) is 18.6 Å². The second-order valence-electron chi connectivity index (χ2n) is 3.89. The Morgan fingerprint density at radius 1 is 1.22 bits per heavy atom. The molecule has 96 valence electrons. The molecule has 1 N–H and O–H groups in total. The number of ketones is 1. The molecule has 5 heteroatoms. The third-order valence-corrected chi connectivity index (χ3v) is 3.27. The van der Waals surface area contributed by atoms with Crippen molar-refractivity contribution in [3.8, 4) is 0 Å². The lowest BCUT2D eigenvalue weighted by Gasteiger charge is -2.10. The molecule has 0 aliphatic heterocycles. The molecule has 0 saturated heterocycles. The number of hydrogen-bond acceptors (Lipinski definition) is 4. The van der Waals surface area contributed by atoms with E-state index in [4.69, 9.17) is 5.11 Å². The van der Waals surface area contributed by atoms with E-state index in [2.05, 4.69) is 0 Å². The number of carboxylic acid groups (broad SMARTS) is 1. The van der Waals surface area contributed by atoms with Crippen molar-refractivity contribution in [2.45, 2.75) is 25.0 Å². The second-order valence-corrected chi connectivity index (χ2v) is 5.15. The first-order valence-corrected chi connectivity index (χ1v) is 6.32. The summed E-state index contributed by atoms with van der Waals surface area (Å²) in [6, 6.07) is 9.10. The molecular formula is C13H14O4S. The Kier molecular flexibility index (Phi) is 5.58. The van der Waals surface area contributed by atoms with Crippen LogP contribution in [0.3, 0.4) is 0 Å². The van der Waals surface area contributed by atoms with E-state index < -0.39 is 16.3 Å². The van der Waals surface area contributed by atoms with Gasteiger partial charge in [0.1, 0.15) is 11.0 Å². The number of benzene rings is 1. The van der Waals surface area contributed by atoms with Crippen molar-refractivity contribution >= 4 is 28.6 Å². The molecule has 0 spiro atoms. The summed E-state index contributed by atoms with van der Waals surface area (Å²) in [5, 5.41) is 7.81. The van der Waals surface area contributed by atoms with E-state index in [9.17, 15) is 14.4 Å². The smallest absolute Gasteiger partial charge is 0.317 e. The van der Waals surface area contributed by atoms with Gasteiger partial charge in [-0.3, -0.25) is 14.4 Å². The van der Waals surface area contributed by atoms with Gasteiger partial charge in [-0.25, -0.2) is 0 Å². The van der Waals surface area contributed by atoms with Crippen LogP contribution in [0.1, 0.15) is 18.9 Å². The van der Waals surface area contributed by atoms with Crippen LogP contribution in [0.5, 0.6) is 0 Å². The molecule has 0 saturated carbocycles. The molecule has 0 unspecified atom stereocenters. The van der Waals surface area contributed by atoms with E-state index >= 15 is 0 Å². The van der Waals surface area contributed by atoms with Crippen molar-refractivity contribution in [3.05, 3.63) is 35.9 Å². The molecule has 0 amide bonds. The minimum atomic E-state index is -1.04. The lowest BCUT2D eigenvalue weighted by Crippen LogP contribution is -2.21. The highest BCUT2D eigenvalue weighted by atomic mass is 32.2. The fourth-order valence-electron chi connectivity index (χ4n) is 1.41. The average Bonchev–Trinajstić information content (AvgIpc) is 2.28. The maximum atomic E-state index is 11.4. The van der Waals surface area contributed by atoms with Gasteiger partial charge < -0.3 is 5.11 Å². The molecule has 0 radical (unpaired) electrons. The SMILES string of the molecule is CC(=O)CC(=O)S[C@@H](Cc1ccccc1)C(=O)O. The zero-order valence-corrected chi connectivity index (χ0v) is 10.8. The van der Waals surface area contributed by atoms with Gasteiger partial charge in [0.05, 0.1) is 6.42 Å². The number of carbonyl (C=O) groups excluding carboxylic acids is 2. The Labute approximate surface area is 109 Å². The number of Topliss-reactive ketones (excluding diaryl/α,β-unsaturated/α-hetero) is 1. The highest BCUT2D eigenvalue weighted by Crippen LogP contribution is 2.19. The number of carboxylic acids is 1. The molecule has 1 aromatic carbocycles. The van der Waals surface area contributed by atoms with Crippen molar-refractivity contribution in [1.29, 1.82) is 0 Å². The van der Waals surface area contributed by atoms with Gasteiger partial charge >= 0.3 is 5.97 Å². The third-order valence-electron chi connectivity index (χ3n) is 2.21. The Balaban J connectivity index is 2.64. The van der Waals surface area contributed by atoms with Crippen LogP contribution in [-0.2, 0) is 20.8 Å². The van der Waals surface area contributed by atoms with Crippen LogP contribution >= 0.6 is 11.8 Å². The summed E-state index contributed by atoms with van der Waals surface area (Å²) in [5.41, 5.74) is 0.855. The summed E-state index contributed by atoms with van der Waals surface area (Å²) in [4.78, 5) is 33.3. The monoisotopic (exact) mass is 266 g/mol. The first-order valence-electron chi connectivity index (χ1n) is 5.44. The van der Waals surface area contributed by atoms with Gasteiger partial charge in [-0.1, -0.05) is 42.1 Å². The van der Waals surface area contributed by atoms with Gasteiger partial charge in [0, 0.05) is 0 Å². The van der Waals surface area contributed by atoms with Crippen molar-refractivity contribution < 1.29 is 19.5 Å². The minimum absolute atomic E-state index is 0.219. The number of rotatable bonds is 6. The van der Waals surface area contributed by atoms with Crippen molar-refractivity contribution in [3.63, 3.8) is 0 Å². The molecule has 0 aliphatic carbocycles. The highest BCUT2D eigenvalue weighted by molar-refractivity contribution is 8.14. The zero-order chi connectivity index (χ0) is 13.5. The van der Waals surface area contributed by atoms with Crippen molar-refractivity contribution in [1.82, 2.24) is 0 Å². The molecule has 0 aromatic heterocycles. The van der Waals surface area contributed by atoms with Gasteiger partial charge in [0.25, 0.3) is 0 Å². The van der Waals surface area contributed by atoms with E-state index in [0.717, 1.165) is 5.56 Å². The van der Waals surface area contributed by atoms with E-state index in [0.29, 0.717) is 11.8 Å². The Bertz CT molecular complexity index is 442. The number of carbonyl (C=O) groups is 3. The summed E-state index contributed by atoms with van der Waals surface area (Å²) in [6.07, 6.45) is 0.0493. The molecule has 0 aliphatic rings. The Hall–Kier alpha value is -1.62. The quantitative estimate of drug-likeness (QED) is 0.796. The van der Waals surface area contributed by atoms with Crippen LogP contribution in [0, 0.1) is 0 Å². The fraction of sp³-hybridized carbons (Fsp3) is 0.308. The van der Waals surface area contributed by atoms with Gasteiger partial charge in [0.2, 0.25) is 0 Å². The molecule has 0 heterocycles. The molecule has 18 heavy (non-hydrogen) atoms. The van der Waals surface area contributed by atoms with Gasteiger partial charge in [-0.15, -0.1) is 0 Å². The zero-order valence-electron chi connectivity index (χ0n) is 9.96. The van der Waals surface area contributed by atoms with Crippen LogP contribution in [0.2, 0.25) is 0 Å². The van der Waals surface area contributed by atoms with Gasteiger partial charge in [0.15, 0.2) is 5.12 Å². The largest absolute Gasteiger partial charge is 0.480 e. The van der Waals surface area contributed by atoms with Crippen LogP contribution in [0.4, 0.5) is 0 Å². The first kappa shape index (κ1) is 14.4. The van der Waals surface area contributed by atoms with E-state index in [1.807, 2.05) is 30.3 Å². The number of hydrogen-bond donors (Lipinski definition) is 1. The summed E-state index contributed by atoms with van der Waals surface area (Å²) in [6.45, 7) is 1.31. The molecule has 1 rings (SSSR count). The lowest BCUT2D eigenvalue weighted by atomic mass is 10.1. The summed E-state index contributed by atoms with van der Waals surface area (Å²) >= 11 is 0.717. The first-order chi connectivity index (χ1) is 8.49. The van der Waals surface area contributed by atoms with Crippen LogP contribution < -0.4 is 0 Å². The predicted octanol–water partition coefficient (Wildman–Crippen LogP) is 1.92. The third kappa shape index (κ3) is 5.14. The Morgan fingerprint density at radius 2 is 1.83 bits per heavy atom. The van der Waals surface area contributed by atoms with E-state index in [1.165, 1.54) is 6.92 Å². The summed E-state index contributed by atoms with van der Waals surface area (Å²) < 4.78 is 0. The molecule has 0 fully saturated rings. The maximum Gasteiger partial charge on any atom is 0.317 e. The summed E-state index contributed by atoms with van der Waals surface area (Å²) in [7, 11) is 0. The van der Waals surface area contributed by atoms with Crippen LogP contribution in [0.25, 0.3) is 0 Å². The Morgan fingerprint density at radius 3 is 2.33 bits per heavy atom. The fourth-order valence-corrected chi connectivity index (χ4v) is 2.39. The number of aliphatic carboxylic acids is 1. The van der Waals surface area contributed by atoms with Gasteiger partial charge in [-0.2, -0.15) is 0 Å². The van der Waals surface area contributed by atoms with Gasteiger partial charge in [-0.05, 0) is 18.9 Å². The molecule has 1 atom stereocenters. The summed E-state index contributed by atoms with van der Waals surface area (Å²) in [5.74, 6) is -1.29. The molecule has 4 nitrogen and oxygen atoms in total. The van der Waals surface area contributed by atoms with Crippen molar-refractivity contribution in [2.24, 2.45) is 0 Å². The lowest BCUT2D eigenvalue weighted by molar-refractivity contribution is -0.136. The topological polar surface area (TPSA) is 71.4 Å². The molecule has 1 aromatic rings. The predicted molar refractivity (Wildman–Crippen MR) is 69.5 cm³/mol. The van der Waals surface area contributed by atoms with E-state index in [1.54, 1.807) is 0 Å². The second kappa shape index (κ2) is 6.96. The minimum Gasteiger partial charge on any atom is -0.480 e. The molecular weight excluding hydrogens is 252 g/mol. The number of thioether (sulfide) groups is 1. The van der Waals surface area contributed by atoms with Crippen LogP contribution in [-0.4, -0.2) is 27.2 Å². The average molecular weight is 266 g/mol. The highest BCUT2D eigenvalue weighted by Gasteiger charge is 2.22.